The molecule has 0 aliphatic carbocycles. The zero-order valence-electron chi connectivity index (χ0n) is 12.6. The molecule has 2 aromatic heterocycles. The summed E-state index contributed by atoms with van der Waals surface area (Å²) in [5, 5.41) is 7.49. The van der Waals surface area contributed by atoms with Gasteiger partial charge >= 0.3 is 69.2 Å². The van der Waals surface area contributed by atoms with Gasteiger partial charge in [0.2, 0.25) is 0 Å². The average molecular weight is 520 g/mol. The summed E-state index contributed by atoms with van der Waals surface area (Å²) in [6.07, 6.45) is 0. The summed E-state index contributed by atoms with van der Waals surface area (Å²) in [4.78, 5) is 17.2. The summed E-state index contributed by atoms with van der Waals surface area (Å²) in [6.45, 7) is 0. The van der Waals surface area contributed by atoms with Crippen LogP contribution in [0.2, 0.25) is 29.6 Å². The largest absolute Gasteiger partial charge is 0.143 e. The predicted octanol–water partition coefficient (Wildman–Crippen LogP) is 4.19. The molecule has 1 aliphatic heterocycles. The predicted molar refractivity (Wildman–Crippen MR) is 99.3 cm³/mol. The Morgan fingerprint density at radius 3 is 1.37 bits per heavy atom. The van der Waals surface area contributed by atoms with Gasteiger partial charge in [0.25, 0.3) is 0 Å². The molecule has 0 saturated carbocycles. The molecule has 0 atom stereocenters. The maximum Gasteiger partial charge on any atom is 0.125 e. The van der Waals surface area contributed by atoms with Crippen LogP contribution in [0.1, 0.15) is 0 Å². The monoisotopic (exact) mass is 522 g/mol. The van der Waals surface area contributed by atoms with Crippen molar-refractivity contribution in [2.24, 2.45) is 0 Å². The second-order valence-corrected chi connectivity index (χ2v) is 25.7. The number of hydrogen-bond acceptors (Lipinski definition) is 2. The van der Waals surface area contributed by atoms with E-state index in [9.17, 15) is 0 Å². The number of fused-ring (bicyclic) bond motifs is 3. The second kappa shape index (κ2) is 9.28. The third kappa shape index (κ3) is 6.67. The van der Waals surface area contributed by atoms with Crippen molar-refractivity contribution in [3.8, 4) is 9.75 Å². The SMILES string of the molecule is [CH3][Sn]([CH3])[CH3].[CH3][Sn]([CH3])[CH3].c1cc2c(s1)-c1sccc1[Si]2. The molecular formula is C14H22S2SiSn2. The third-order valence-electron chi connectivity index (χ3n) is 1.81. The normalized spacial score (nSPS) is 11.4. The van der Waals surface area contributed by atoms with Gasteiger partial charge < -0.3 is 0 Å². The van der Waals surface area contributed by atoms with Gasteiger partial charge in [-0.05, 0) is 21.1 Å². The molecule has 1 aliphatic rings. The fourth-order valence-electron chi connectivity index (χ4n) is 1.31. The van der Waals surface area contributed by atoms with Crippen molar-refractivity contribution in [2.45, 2.75) is 29.6 Å². The van der Waals surface area contributed by atoms with Crippen LogP contribution in [0.15, 0.2) is 22.9 Å². The molecule has 0 fully saturated rings. The zero-order valence-corrected chi connectivity index (χ0v) is 21.0. The molecule has 0 aromatic carbocycles. The molecule has 4 radical (unpaired) electrons. The van der Waals surface area contributed by atoms with E-state index in [0.717, 1.165) is 9.52 Å². The molecule has 0 N–H and O–H groups in total. The number of rotatable bonds is 0. The molecule has 0 nitrogen and oxygen atoms in total. The first-order valence-electron chi connectivity index (χ1n) is 6.37. The van der Waals surface area contributed by atoms with Gasteiger partial charge in [-0.2, -0.15) is 0 Å². The minimum absolute atomic E-state index is 0.543. The first-order valence-corrected chi connectivity index (χ1v) is 26.3. The molecule has 5 heteroatoms. The molecule has 3 rings (SSSR count). The van der Waals surface area contributed by atoms with Gasteiger partial charge in [-0.15, -0.1) is 22.7 Å². The van der Waals surface area contributed by atoms with E-state index in [-0.39, 0.29) is 0 Å². The van der Waals surface area contributed by atoms with E-state index >= 15 is 0 Å². The average Bonchev–Trinajstić information content (AvgIpc) is 2.84. The van der Waals surface area contributed by atoms with Crippen molar-refractivity contribution < 1.29 is 0 Å². The van der Waals surface area contributed by atoms with Crippen LogP contribution in [-0.4, -0.2) is 49.0 Å². The van der Waals surface area contributed by atoms with Gasteiger partial charge in [0.05, 0.1) is 0 Å². The number of hydrogen-bond donors (Lipinski definition) is 0. The van der Waals surface area contributed by atoms with Crippen LogP contribution in [0.3, 0.4) is 0 Å². The molecular weight excluding hydrogens is 498 g/mol. The Balaban J connectivity index is 0.000000192. The van der Waals surface area contributed by atoms with Crippen molar-refractivity contribution in [2.75, 3.05) is 0 Å². The van der Waals surface area contributed by atoms with Crippen LogP contribution in [0.25, 0.3) is 9.75 Å². The van der Waals surface area contributed by atoms with Gasteiger partial charge in [0.15, 0.2) is 0 Å². The van der Waals surface area contributed by atoms with Crippen LogP contribution < -0.4 is 10.4 Å². The molecule has 0 unspecified atom stereocenters. The summed E-state index contributed by atoms with van der Waals surface area (Å²) in [6, 6.07) is 4.51. The summed E-state index contributed by atoms with van der Waals surface area (Å²) in [5.74, 6) is 0. The quantitative estimate of drug-likeness (QED) is 0.391. The van der Waals surface area contributed by atoms with Crippen LogP contribution in [0.5, 0.6) is 0 Å². The standard InChI is InChI=1S/C8H4S2Si.6CH3.2Sn/c1-3-9-7-5(1)11-6-2-4-10-8(6)7;;;;;;;;/h1-4H;6*1H3;;. The van der Waals surface area contributed by atoms with Crippen LogP contribution in [0, 0.1) is 0 Å². The van der Waals surface area contributed by atoms with Crippen LogP contribution in [-0.2, 0) is 0 Å². The fourth-order valence-corrected chi connectivity index (χ4v) is 5.29. The maximum atomic E-state index is 2.36. The molecule has 2 aromatic rings. The van der Waals surface area contributed by atoms with E-state index in [1.54, 1.807) is 10.4 Å². The molecule has 0 spiro atoms. The van der Waals surface area contributed by atoms with Crippen molar-refractivity contribution in [1.82, 2.24) is 0 Å². The van der Waals surface area contributed by atoms with Gasteiger partial charge in [0.1, 0.15) is 9.52 Å². The Labute approximate surface area is 143 Å². The Kier molecular flexibility index (Phi) is 8.92. The smallest absolute Gasteiger partial charge is 0.125 e. The Bertz CT molecular complexity index is 439. The van der Waals surface area contributed by atoms with E-state index in [2.05, 4.69) is 52.5 Å². The molecule has 0 saturated heterocycles. The van der Waals surface area contributed by atoms with E-state index < -0.39 is 39.5 Å². The molecule has 3 heterocycles. The molecule has 0 amide bonds. The van der Waals surface area contributed by atoms with Crippen LogP contribution >= 0.6 is 22.7 Å². The van der Waals surface area contributed by atoms with Crippen molar-refractivity contribution >= 4 is 82.1 Å². The zero-order chi connectivity index (χ0) is 14.4. The van der Waals surface area contributed by atoms with Crippen LogP contribution in [0.4, 0.5) is 0 Å². The van der Waals surface area contributed by atoms with E-state index in [0.29, 0.717) is 0 Å². The maximum absolute atomic E-state index is 2.36. The summed E-state index contributed by atoms with van der Waals surface area (Å²) < 4.78 is 0. The summed E-state index contributed by atoms with van der Waals surface area (Å²) in [7, 11) is 0.921. The minimum Gasteiger partial charge on any atom is -0.143 e. The fraction of sp³-hybridized carbons (Fsp3) is 0.429. The molecule has 0 bridgehead atoms. The first-order chi connectivity index (χ1) is 8.91. The number of thiophene rings is 2. The Hall–Kier alpha value is 1.21. The molecule has 102 valence electrons. The first kappa shape index (κ1) is 18.3. The van der Waals surface area contributed by atoms with E-state index in [1.807, 2.05) is 22.7 Å². The summed E-state index contributed by atoms with van der Waals surface area (Å²) in [5.41, 5.74) is 0. The topological polar surface area (TPSA) is 0 Å². The van der Waals surface area contributed by atoms with Gasteiger partial charge in [0, 0.05) is 9.75 Å². The van der Waals surface area contributed by atoms with E-state index in [4.69, 9.17) is 0 Å². The Morgan fingerprint density at radius 1 is 0.737 bits per heavy atom. The van der Waals surface area contributed by atoms with Crippen molar-refractivity contribution in [3.63, 3.8) is 0 Å². The van der Waals surface area contributed by atoms with E-state index in [1.165, 1.54) is 9.75 Å². The van der Waals surface area contributed by atoms with Crippen molar-refractivity contribution in [1.29, 1.82) is 0 Å². The summed E-state index contributed by atoms with van der Waals surface area (Å²) >= 11 is 2.67. The van der Waals surface area contributed by atoms with Gasteiger partial charge in [-0.25, -0.2) is 0 Å². The van der Waals surface area contributed by atoms with Gasteiger partial charge in [-0.1, -0.05) is 12.1 Å². The van der Waals surface area contributed by atoms with Crippen molar-refractivity contribution in [3.05, 3.63) is 22.9 Å². The second-order valence-electron chi connectivity index (χ2n) is 5.45. The van der Waals surface area contributed by atoms with Gasteiger partial charge in [-0.3, -0.25) is 0 Å². The third-order valence-corrected chi connectivity index (χ3v) is 5.53. The Morgan fingerprint density at radius 2 is 1.05 bits per heavy atom. The minimum atomic E-state index is -0.543. The molecule has 19 heavy (non-hydrogen) atoms.